The Morgan fingerprint density at radius 2 is 2.29 bits per heavy atom. The van der Waals surface area contributed by atoms with Crippen molar-refractivity contribution in [2.24, 2.45) is 5.92 Å². The minimum absolute atomic E-state index is 0.0244. The van der Waals surface area contributed by atoms with Crippen LogP contribution in [0.2, 0.25) is 0 Å². The predicted molar refractivity (Wildman–Crippen MR) is 72.9 cm³/mol. The minimum atomic E-state index is 0.0244. The van der Waals surface area contributed by atoms with Gasteiger partial charge in [0.05, 0.1) is 6.54 Å². The maximum absolute atomic E-state index is 12.0. The Kier molecular flexibility index (Phi) is 3.81. The summed E-state index contributed by atoms with van der Waals surface area (Å²) in [6.45, 7) is 2.01. The van der Waals surface area contributed by atoms with Crippen molar-refractivity contribution >= 4 is 5.91 Å². The molecule has 3 rings (SSSR count). The lowest BCUT2D eigenvalue weighted by Gasteiger charge is -2.16. The normalized spacial score (nSPS) is 17.9. The molecule has 0 aliphatic heterocycles. The van der Waals surface area contributed by atoms with Crippen LogP contribution < -0.4 is 5.32 Å². The van der Waals surface area contributed by atoms with E-state index in [1.807, 2.05) is 6.08 Å². The molecule has 1 unspecified atom stereocenters. The van der Waals surface area contributed by atoms with Crippen molar-refractivity contribution < 1.29 is 13.8 Å². The maximum atomic E-state index is 12.0. The highest BCUT2D eigenvalue weighted by Gasteiger charge is 2.19. The molecular weight excluding hydrogens is 272 g/mol. The molecule has 1 aliphatic rings. The summed E-state index contributed by atoms with van der Waals surface area (Å²) in [7, 11) is 0. The lowest BCUT2D eigenvalue weighted by Crippen LogP contribution is -2.30. The second-order valence-electron chi connectivity index (χ2n) is 5.03. The Balaban J connectivity index is 1.57. The number of hydrogen-bond donors (Lipinski definition) is 1. The number of carbonyl (C=O) groups excluding carboxylic acids is 1. The summed E-state index contributed by atoms with van der Waals surface area (Å²) in [6, 6.07) is 1.72. The lowest BCUT2D eigenvalue weighted by atomic mass is 9.94. The third kappa shape index (κ3) is 3.18. The van der Waals surface area contributed by atoms with E-state index in [0.717, 1.165) is 19.3 Å². The van der Waals surface area contributed by atoms with Crippen LogP contribution in [0.5, 0.6) is 0 Å². The van der Waals surface area contributed by atoms with Crippen molar-refractivity contribution in [1.82, 2.24) is 20.6 Å². The van der Waals surface area contributed by atoms with Crippen LogP contribution in [0.1, 0.15) is 30.9 Å². The zero-order valence-electron chi connectivity index (χ0n) is 11.7. The van der Waals surface area contributed by atoms with E-state index in [1.54, 1.807) is 13.0 Å². The fraction of sp³-hybridized carbons (Fsp3) is 0.429. The van der Waals surface area contributed by atoms with Crippen LogP contribution >= 0.6 is 0 Å². The number of nitrogens with zero attached hydrogens (tertiary/aromatic N) is 3. The topological polar surface area (TPSA) is 94.1 Å². The smallest absolute Gasteiger partial charge is 0.246 e. The summed E-state index contributed by atoms with van der Waals surface area (Å²) in [6.07, 6.45) is 6.78. The van der Waals surface area contributed by atoms with Crippen LogP contribution in [-0.2, 0) is 11.3 Å². The Morgan fingerprint density at radius 1 is 1.38 bits per heavy atom. The molecule has 1 N–H and O–H groups in total. The van der Waals surface area contributed by atoms with Crippen molar-refractivity contribution in [3.8, 4) is 11.5 Å². The maximum Gasteiger partial charge on any atom is 0.246 e. The molecule has 0 fully saturated rings. The second kappa shape index (κ2) is 5.90. The minimum Gasteiger partial charge on any atom is -0.361 e. The zero-order valence-corrected chi connectivity index (χ0v) is 11.7. The van der Waals surface area contributed by atoms with Crippen LogP contribution in [-0.4, -0.2) is 21.2 Å². The molecule has 1 atom stereocenters. The highest BCUT2D eigenvalue weighted by molar-refractivity contribution is 5.78. The van der Waals surface area contributed by atoms with Gasteiger partial charge in [0.15, 0.2) is 5.69 Å². The molecule has 1 amide bonds. The average Bonchev–Trinajstić information content (AvgIpc) is 3.14. The molecule has 2 aromatic heterocycles. The third-order valence-electron chi connectivity index (χ3n) is 3.38. The van der Waals surface area contributed by atoms with Crippen LogP contribution in [0.4, 0.5) is 0 Å². The van der Waals surface area contributed by atoms with Gasteiger partial charge in [0.2, 0.25) is 17.6 Å². The van der Waals surface area contributed by atoms with E-state index in [-0.39, 0.29) is 18.4 Å². The quantitative estimate of drug-likeness (QED) is 0.865. The molecule has 0 aromatic carbocycles. The van der Waals surface area contributed by atoms with Gasteiger partial charge in [-0.25, -0.2) is 0 Å². The van der Waals surface area contributed by atoms with Crippen molar-refractivity contribution in [3.63, 3.8) is 0 Å². The fourth-order valence-electron chi connectivity index (χ4n) is 2.24. The van der Waals surface area contributed by atoms with Crippen molar-refractivity contribution in [1.29, 1.82) is 0 Å². The van der Waals surface area contributed by atoms with Gasteiger partial charge in [0.1, 0.15) is 5.76 Å². The number of hydrogen-bond acceptors (Lipinski definition) is 6. The van der Waals surface area contributed by atoms with E-state index in [2.05, 4.69) is 26.7 Å². The molecule has 0 spiro atoms. The number of aryl methyl sites for hydroxylation is 1. The molecule has 2 aromatic rings. The number of aromatic nitrogens is 3. The molecular formula is C14H16N4O3. The largest absolute Gasteiger partial charge is 0.361 e. The van der Waals surface area contributed by atoms with Gasteiger partial charge in [0.25, 0.3) is 0 Å². The van der Waals surface area contributed by atoms with Gasteiger partial charge in [-0.1, -0.05) is 22.5 Å². The van der Waals surface area contributed by atoms with Gasteiger partial charge in [-0.15, -0.1) is 0 Å². The van der Waals surface area contributed by atoms with E-state index in [0.29, 0.717) is 23.2 Å². The highest BCUT2D eigenvalue weighted by atomic mass is 16.5. The first-order valence-corrected chi connectivity index (χ1v) is 6.91. The Labute approximate surface area is 121 Å². The third-order valence-corrected chi connectivity index (χ3v) is 3.38. The SMILES string of the molecule is Cc1cc(-c2noc(CNC(=O)C3CC=CCC3)n2)no1. The summed E-state index contributed by atoms with van der Waals surface area (Å²) in [4.78, 5) is 16.2. The van der Waals surface area contributed by atoms with Crippen LogP contribution in [0, 0.1) is 12.8 Å². The van der Waals surface area contributed by atoms with Crippen LogP contribution in [0.25, 0.3) is 11.5 Å². The fourth-order valence-corrected chi connectivity index (χ4v) is 2.24. The van der Waals surface area contributed by atoms with Gasteiger partial charge in [-0.3, -0.25) is 4.79 Å². The zero-order chi connectivity index (χ0) is 14.7. The van der Waals surface area contributed by atoms with Gasteiger partial charge in [0, 0.05) is 12.0 Å². The number of rotatable bonds is 4. The Bertz CT molecular complexity index is 659. The lowest BCUT2D eigenvalue weighted by molar-refractivity contribution is -0.125. The number of allylic oxidation sites excluding steroid dienone is 2. The van der Waals surface area contributed by atoms with Crippen molar-refractivity contribution in [2.75, 3.05) is 0 Å². The molecule has 7 nitrogen and oxygen atoms in total. The predicted octanol–water partition coefficient (Wildman–Crippen LogP) is 2.01. The van der Waals surface area contributed by atoms with Gasteiger partial charge >= 0.3 is 0 Å². The van der Waals surface area contributed by atoms with E-state index in [1.165, 1.54) is 0 Å². The Morgan fingerprint density at radius 3 is 3.00 bits per heavy atom. The van der Waals surface area contributed by atoms with E-state index in [9.17, 15) is 4.79 Å². The van der Waals surface area contributed by atoms with Gasteiger partial charge in [-0.05, 0) is 26.2 Å². The van der Waals surface area contributed by atoms with Crippen LogP contribution in [0.3, 0.4) is 0 Å². The van der Waals surface area contributed by atoms with E-state index in [4.69, 9.17) is 9.05 Å². The number of amides is 1. The van der Waals surface area contributed by atoms with Gasteiger partial charge in [-0.2, -0.15) is 4.98 Å². The first-order chi connectivity index (χ1) is 10.2. The Hall–Kier alpha value is -2.44. The molecule has 0 saturated carbocycles. The molecule has 0 radical (unpaired) electrons. The summed E-state index contributed by atoms with van der Waals surface area (Å²) < 4.78 is 10.1. The monoisotopic (exact) mass is 288 g/mol. The highest BCUT2D eigenvalue weighted by Crippen LogP contribution is 2.18. The molecule has 0 bridgehead atoms. The molecule has 2 heterocycles. The molecule has 21 heavy (non-hydrogen) atoms. The number of carbonyl (C=O) groups is 1. The summed E-state index contributed by atoms with van der Waals surface area (Å²) in [5.74, 6) is 1.45. The second-order valence-corrected chi connectivity index (χ2v) is 5.03. The molecule has 1 aliphatic carbocycles. The van der Waals surface area contributed by atoms with E-state index < -0.39 is 0 Å². The van der Waals surface area contributed by atoms with Crippen molar-refractivity contribution in [2.45, 2.75) is 32.7 Å². The standard InChI is InChI=1S/C14H16N4O3/c1-9-7-11(17-20-9)13-16-12(21-18-13)8-15-14(19)10-5-3-2-4-6-10/h2-3,7,10H,4-6,8H2,1H3,(H,15,19). The van der Waals surface area contributed by atoms with Crippen molar-refractivity contribution in [3.05, 3.63) is 29.9 Å². The van der Waals surface area contributed by atoms with Gasteiger partial charge < -0.3 is 14.4 Å². The van der Waals surface area contributed by atoms with E-state index >= 15 is 0 Å². The summed E-state index contributed by atoms with van der Waals surface area (Å²) in [5.41, 5.74) is 0.520. The summed E-state index contributed by atoms with van der Waals surface area (Å²) >= 11 is 0. The molecule has 0 saturated heterocycles. The summed E-state index contributed by atoms with van der Waals surface area (Å²) in [5, 5.41) is 10.5. The van der Waals surface area contributed by atoms with Crippen LogP contribution in [0.15, 0.2) is 27.3 Å². The molecule has 7 heteroatoms. The average molecular weight is 288 g/mol. The molecule has 110 valence electrons. The first-order valence-electron chi connectivity index (χ1n) is 6.91. The number of nitrogens with one attached hydrogen (secondary N) is 1. The first kappa shape index (κ1) is 13.5.